The van der Waals surface area contributed by atoms with Crippen LogP contribution in [0.2, 0.25) is 0 Å². The Balaban J connectivity index is 1.10. The Kier molecular flexibility index (Phi) is 8.19. The fraction of sp³-hybridized carbons (Fsp3) is 0.652. The average molecular weight is 447 g/mol. The maximum absolute atomic E-state index is 12.2. The number of nitrogens with one attached hydrogen (secondary N) is 2. The van der Waals surface area contributed by atoms with E-state index < -0.39 is 6.03 Å². The van der Waals surface area contributed by atoms with E-state index in [9.17, 15) is 9.59 Å². The summed E-state index contributed by atoms with van der Waals surface area (Å²) >= 11 is 0. The monoisotopic (exact) mass is 446 g/mol. The molecule has 0 atom stereocenters. The lowest BCUT2D eigenvalue weighted by molar-refractivity contribution is -0.120. The molecule has 0 radical (unpaired) electrons. The Morgan fingerprint density at radius 3 is 2.41 bits per heavy atom. The molecule has 2 fully saturated rings. The number of ether oxygens (including phenoxy) is 3. The minimum absolute atomic E-state index is 0.269. The van der Waals surface area contributed by atoms with E-state index in [1.165, 1.54) is 19.3 Å². The Bertz CT molecular complexity index is 776. The molecular weight excluding hydrogens is 412 g/mol. The van der Waals surface area contributed by atoms with Crippen molar-refractivity contribution in [3.63, 3.8) is 0 Å². The molecule has 0 spiro atoms. The second-order valence-corrected chi connectivity index (χ2v) is 8.64. The minimum Gasteiger partial charge on any atom is -0.486 e. The normalized spacial score (nSPS) is 20.0. The van der Waals surface area contributed by atoms with E-state index >= 15 is 0 Å². The number of urea groups is 1. The number of carbonyl (C=O) groups excluding carboxylic acids is 2. The van der Waals surface area contributed by atoms with Crippen LogP contribution in [0.4, 0.5) is 10.5 Å². The molecule has 9 nitrogen and oxygen atoms in total. The number of rotatable bonds is 7. The van der Waals surface area contributed by atoms with E-state index in [1.807, 2.05) is 0 Å². The molecule has 1 aromatic rings. The highest BCUT2D eigenvalue weighted by Gasteiger charge is 2.21. The third-order valence-electron chi connectivity index (χ3n) is 6.37. The first-order valence-electron chi connectivity index (χ1n) is 11.7. The number of hydrogen-bond acceptors (Lipinski definition) is 7. The number of imide groups is 1. The van der Waals surface area contributed by atoms with Crippen molar-refractivity contribution in [1.29, 1.82) is 0 Å². The fourth-order valence-electron chi connectivity index (χ4n) is 4.42. The third-order valence-corrected chi connectivity index (χ3v) is 6.37. The smallest absolute Gasteiger partial charge is 0.325 e. The zero-order valence-electron chi connectivity index (χ0n) is 18.6. The lowest BCUT2D eigenvalue weighted by atomic mass is 9.93. The molecule has 0 saturated carbocycles. The van der Waals surface area contributed by atoms with Gasteiger partial charge in [0.2, 0.25) is 5.91 Å². The minimum atomic E-state index is -0.534. The van der Waals surface area contributed by atoms with Crippen molar-refractivity contribution in [2.45, 2.75) is 25.7 Å². The van der Waals surface area contributed by atoms with E-state index in [0.29, 0.717) is 43.4 Å². The van der Waals surface area contributed by atoms with Gasteiger partial charge in [-0.3, -0.25) is 15.0 Å². The number of likely N-dealkylation sites (tertiary alicyclic amines) is 1. The van der Waals surface area contributed by atoms with E-state index in [0.717, 1.165) is 51.9 Å². The summed E-state index contributed by atoms with van der Waals surface area (Å²) in [6.07, 6.45) is 3.91. The molecule has 1 aromatic carbocycles. The molecule has 3 aliphatic rings. The first-order chi connectivity index (χ1) is 15.7. The number of nitrogens with zero attached hydrogens (tertiary/aromatic N) is 2. The first-order valence-corrected chi connectivity index (χ1v) is 11.7. The van der Waals surface area contributed by atoms with E-state index in [1.54, 1.807) is 18.2 Å². The Morgan fingerprint density at radius 1 is 0.906 bits per heavy atom. The van der Waals surface area contributed by atoms with Crippen molar-refractivity contribution in [3.8, 4) is 11.5 Å². The van der Waals surface area contributed by atoms with Gasteiger partial charge in [-0.2, -0.15) is 0 Å². The van der Waals surface area contributed by atoms with Crippen molar-refractivity contribution in [2.24, 2.45) is 5.92 Å². The Morgan fingerprint density at radius 2 is 1.62 bits per heavy atom. The van der Waals surface area contributed by atoms with Crippen LogP contribution in [0.15, 0.2) is 18.2 Å². The number of fused-ring (bicyclic) bond motifs is 1. The highest BCUT2D eigenvalue weighted by atomic mass is 16.6. The zero-order valence-corrected chi connectivity index (χ0v) is 18.6. The molecule has 4 rings (SSSR count). The second-order valence-electron chi connectivity index (χ2n) is 8.64. The summed E-state index contributed by atoms with van der Waals surface area (Å²) in [5.74, 6) is 1.74. The summed E-state index contributed by atoms with van der Waals surface area (Å²) < 4.78 is 16.4. The average Bonchev–Trinajstić information content (AvgIpc) is 2.82. The molecule has 2 N–H and O–H groups in total. The van der Waals surface area contributed by atoms with Crippen LogP contribution in [0.5, 0.6) is 11.5 Å². The van der Waals surface area contributed by atoms with Gasteiger partial charge in [-0.1, -0.05) is 0 Å². The number of hydrogen-bond donors (Lipinski definition) is 2. The SMILES string of the molecule is O=C(CCN1CCC(CCN2CCOCC2)CC1)NC(=O)Nc1ccc2c(c1)OCCO2. The summed E-state index contributed by atoms with van der Waals surface area (Å²) in [6, 6.07) is 4.63. The predicted octanol–water partition coefficient (Wildman–Crippen LogP) is 1.93. The lowest BCUT2D eigenvalue weighted by Crippen LogP contribution is -2.40. The van der Waals surface area contributed by atoms with Gasteiger partial charge in [0.25, 0.3) is 0 Å². The predicted molar refractivity (Wildman–Crippen MR) is 120 cm³/mol. The van der Waals surface area contributed by atoms with Crippen LogP contribution in [-0.2, 0) is 9.53 Å². The van der Waals surface area contributed by atoms with Crippen molar-refractivity contribution >= 4 is 17.6 Å². The molecule has 0 aromatic heterocycles. The molecule has 0 unspecified atom stereocenters. The maximum atomic E-state index is 12.2. The maximum Gasteiger partial charge on any atom is 0.325 e. The van der Waals surface area contributed by atoms with Crippen molar-refractivity contribution in [3.05, 3.63) is 18.2 Å². The van der Waals surface area contributed by atoms with Gasteiger partial charge in [0.15, 0.2) is 11.5 Å². The molecule has 9 heteroatoms. The summed E-state index contributed by atoms with van der Waals surface area (Å²) in [6.45, 7) is 8.69. The number of benzene rings is 1. The summed E-state index contributed by atoms with van der Waals surface area (Å²) in [7, 11) is 0. The molecule has 176 valence electrons. The van der Waals surface area contributed by atoms with Gasteiger partial charge in [0, 0.05) is 37.8 Å². The summed E-state index contributed by atoms with van der Waals surface area (Å²) in [4.78, 5) is 29.2. The molecule has 3 amide bonds. The van der Waals surface area contributed by atoms with Crippen LogP contribution in [0, 0.1) is 5.92 Å². The van der Waals surface area contributed by atoms with E-state index in [-0.39, 0.29) is 5.91 Å². The summed E-state index contributed by atoms with van der Waals surface area (Å²) in [5, 5.41) is 5.09. The quantitative estimate of drug-likeness (QED) is 0.661. The lowest BCUT2D eigenvalue weighted by Gasteiger charge is -2.33. The highest BCUT2D eigenvalue weighted by Crippen LogP contribution is 2.32. The van der Waals surface area contributed by atoms with Crippen LogP contribution in [0.25, 0.3) is 0 Å². The van der Waals surface area contributed by atoms with Crippen LogP contribution < -0.4 is 20.1 Å². The second kappa shape index (κ2) is 11.5. The standard InChI is InChI=1S/C23H34N4O5/c28-22(25-23(29)24-19-1-2-20-21(17-19)32-16-15-31-20)6-10-26-7-3-18(4-8-26)5-9-27-11-13-30-14-12-27/h1-2,17-18H,3-16H2,(H2,24,25,28,29). The molecular formula is C23H34N4O5. The van der Waals surface area contributed by atoms with Gasteiger partial charge in [-0.15, -0.1) is 0 Å². The van der Waals surface area contributed by atoms with E-state index in [2.05, 4.69) is 20.4 Å². The van der Waals surface area contributed by atoms with Gasteiger partial charge in [0.1, 0.15) is 13.2 Å². The topological polar surface area (TPSA) is 92.4 Å². The molecule has 32 heavy (non-hydrogen) atoms. The largest absolute Gasteiger partial charge is 0.486 e. The van der Waals surface area contributed by atoms with Crippen LogP contribution in [0.3, 0.4) is 0 Å². The number of piperidine rings is 1. The molecule has 0 aliphatic carbocycles. The van der Waals surface area contributed by atoms with Crippen LogP contribution >= 0.6 is 0 Å². The third kappa shape index (κ3) is 6.82. The Hall–Kier alpha value is -2.36. The van der Waals surface area contributed by atoms with E-state index in [4.69, 9.17) is 14.2 Å². The Labute approximate surface area is 189 Å². The number of carbonyl (C=O) groups is 2. The van der Waals surface area contributed by atoms with Crippen molar-refractivity contribution in [2.75, 3.05) is 71.0 Å². The fourth-order valence-corrected chi connectivity index (χ4v) is 4.42. The van der Waals surface area contributed by atoms with Crippen LogP contribution in [0.1, 0.15) is 25.7 Å². The summed E-state index contributed by atoms with van der Waals surface area (Å²) in [5.41, 5.74) is 0.554. The van der Waals surface area contributed by atoms with Crippen molar-refractivity contribution < 1.29 is 23.8 Å². The number of morpholine rings is 1. The molecule has 3 heterocycles. The van der Waals surface area contributed by atoms with Crippen LogP contribution in [-0.4, -0.2) is 87.4 Å². The molecule has 3 aliphatic heterocycles. The molecule has 0 bridgehead atoms. The van der Waals surface area contributed by atoms with Gasteiger partial charge in [-0.05, 0) is 56.9 Å². The zero-order chi connectivity index (χ0) is 22.2. The number of anilines is 1. The highest BCUT2D eigenvalue weighted by molar-refractivity contribution is 6.01. The first kappa shape index (κ1) is 22.8. The van der Waals surface area contributed by atoms with Gasteiger partial charge in [-0.25, -0.2) is 4.79 Å². The van der Waals surface area contributed by atoms with Gasteiger partial charge in [0.05, 0.1) is 13.2 Å². The molecule has 2 saturated heterocycles. The van der Waals surface area contributed by atoms with Gasteiger partial charge < -0.3 is 24.4 Å². The van der Waals surface area contributed by atoms with Crippen molar-refractivity contribution in [1.82, 2.24) is 15.1 Å². The number of amides is 3. The van der Waals surface area contributed by atoms with Gasteiger partial charge >= 0.3 is 6.03 Å².